The summed E-state index contributed by atoms with van der Waals surface area (Å²) in [5, 5.41) is 70.7. The van der Waals surface area contributed by atoms with Crippen molar-refractivity contribution in [3.63, 3.8) is 0 Å². The zero-order chi connectivity index (χ0) is 46.0. The third-order valence-electron chi connectivity index (χ3n) is 10.4. The van der Waals surface area contributed by atoms with Gasteiger partial charge in [-0.1, -0.05) is 39.5 Å². The van der Waals surface area contributed by atoms with Crippen molar-refractivity contribution in [2.75, 3.05) is 123 Å². The standard InChI is InChI=1S/C34H76N4O18S3Si/c1-4-6-8-10-16-38(3,17-11-9-7-5-2)18-12-22-60(54-29-32(23-39,24-40)35-13-19-57(45,46)47,55-30-33(25-41,26-42)36-14-20-58(48,49)50)56-31-34(27-43,28-44)37-15-21-59(51,52)53/h35-37,39-44H,4-31H2,1-3H3,(H2-,45,46,47,48,49,50,51,52,53)/p+1. The Balaban J connectivity index is 7.27. The summed E-state index contributed by atoms with van der Waals surface area (Å²) in [4.78, 5) is 0. The van der Waals surface area contributed by atoms with Crippen LogP contribution in [0, 0.1) is 0 Å². The topological polar surface area (TPSA) is 348 Å². The monoisotopic (exact) mass is 953 g/mol. The number of aliphatic hydroxyl groups is 6. The van der Waals surface area contributed by atoms with Crippen LogP contribution in [0.4, 0.5) is 0 Å². The average molecular weight is 954 g/mol. The number of hydrogen-bond acceptors (Lipinski definition) is 18. The molecule has 0 atom stereocenters. The molecular weight excluding hydrogens is 877 g/mol. The summed E-state index contributed by atoms with van der Waals surface area (Å²) >= 11 is 0. The Morgan fingerprint density at radius 1 is 0.483 bits per heavy atom. The van der Waals surface area contributed by atoms with Crippen LogP contribution in [0.1, 0.15) is 71.6 Å². The van der Waals surface area contributed by atoms with Crippen LogP contribution < -0.4 is 16.0 Å². The molecule has 0 aromatic heterocycles. The number of hydrogen-bond donors (Lipinski definition) is 12. The van der Waals surface area contributed by atoms with E-state index in [2.05, 4.69) is 36.8 Å². The van der Waals surface area contributed by atoms with Gasteiger partial charge in [-0.05, 0) is 25.7 Å². The summed E-state index contributed by atoms with van der Waals surface area (Å²) in [7, 11) is -15.7. The van der Waals surface area contributed by atoms with E-state index in [1.165, 1.54) is 0 Å². The molecule has 0 saturated heterocycles. The van der Waals surface area contributed by atoms with Gasteiger partial charge in [0.1, 0.15) is 0 Å². The Morgan fingerprint density at radius 3 is 1.02 bits per heavy atom. The lowest BCUT2D eigenvalue weighted by molar-refractivity contribution is -0.910. The summed E-state index contributed by atoms with van der Waals surface area (Å²) in [5.41, 5.74) is -5.34. The molecule has 0 aliphatic carbocycles. The molecule has 0 spiro atoms. The molecule has 0 aromatic carbocycles. The molecule has 0 unspecified atom stereocenters. The molecule has 0 aromatic rings. The van der Waals surface area contributed by atoms with Gasteiger partial charge in [0.15, 0.2) is 0 Å². The van der Waals surface area contributed by atoms with E-state index in [0.29, 0.717) is 17.4 Å². The normalized spacial score (nSPS) is 14.0. The molecule has 0 aliphatic rings. The minimum Gasteiger partial charge on any atom is -0.394 e. The zero-order valence-electron chi connectivity index (χ0n) is 35.7. The lowest BCUT2D eigenvalue weighted by atomic mass is 10.0. The van der Waals surface area contributed by atoms with Crippen molar-refractivity contribution in [2.24, 2.45) is 0 Å². The second-order valence-corrected chi connectivity index (χ2v) is 23.4. The third-order valence-corrected chi connectivity index (χ3v) is 15.3. The second kappa shape index (κ2) is 29.1. The molecule has 0 fully saturated rings. The molecule has 12 N–H and O–H groups in total. The van der Waals surface area contributed by atoms with Crippen LogP contribution in [0.25, 0.3) is 0 Å². The summed E-state index contributed by atoms with van der Waals surface area (Å²) in [6.45, 7) is -1.79. The van der Waals surface area contributed by atoms with Gasteiger partial charge < -0.3 is 64.4 Å². The predicted octanol–water partition coefficient (Wildman–Crippen LogP) is -2.43. The maximum atomic E-state index is 11.5. The molecule has 60 heavy (non-hydrogen) atoms. The zero-order valence-corrected chi connectivity index (χ0v) is 39.1. The van der Waals surface area contributed by atoms with E-state index in [0.717, 1.165) is 64.5 Å². The molecule has 0 radical (unpaired) electrons. The molecule has 0 saturated carbocycles. The Hall–Kier alpha value is -0.573. The highest BCUT2D eigenvalue weighted by Gasteiger charge is 2.48. The van der Waals surface area contributed by atoms with Crippen molar-refractivity contribution < 1.29 is 87.3 Å². The van der Waals surface area contributed by atoms with E-state index in [1.54, 1.807) is 0 Å². The van der Waals surface area contributed by atoms with Crippen molar-refractivity contribution in [1.29, 1.82) is 0 Å². The molecule has 0 heterocycles. The van der Waals surface area contributed by atoms with Gasteiger partial charge in [0.25, 0.3) is 30.4 Å². The lowest BCUT2D eigenvalue weighted by Crippen LogP contribution is -2.64. The van der Waals surface area contributed by atoms with Crippen LogP contribution in [-0.2, 0) is 43.6 Å². The van der Waals surface area contributed by atoms with Crippen LogP contribution in [0.3, 0.4) is 0 Å². The Kier molecular flexibility index (Phi) is 28.8. The van der Waals surface area contributed by atoms with Crippen molar-refractivity contribution in [1.82, 2.24) is 16.0 Å². The first-order chi connectivity index (χ1) is 27.9. The number of nitrogens with zero attached hydrogens (tertiary/aromatic N) is 1. The van der Waals surface area contributed by atoms with Gasteiger partial charge in [0.2, 0.25) is 0 Å². The van der Waals surface area contributed by atoms with Gasteiger partial charge in [0.05, 0.1) is 120 Å². The van der Waals surface area contributed by atoms with Gasteiger partial charge >= 0.3 is 8.80 Å². The number of nitrogens with one attached hydrogen (secondary N) is 3. The van der Waals surface area contributed by atoms with E-state index in [4.69, 9.17) is 13.3 Å². The molecule has 0 rings (SSSR count). The Morgan fingerprint density at radius 2 is 0.767 bits per heavy atom. The summed E-state index contributed by atoms with van der Waals surface area (Å²) < 4.78 is 117. The number of rotatable bonds is 41. The van der Waals surface area contributed by atoms with Crippen LogP contribution in [-0.4, -0.2) is 222 Å². The SMILES string of the molecule is CCCCCC[N+](C)(CCCCCC)CCC[Si](OCC(CO)(CO)NCCS(=O)(=O)O)(OCC(CO)(CO)NCCS(=O)(=O)O)OCC(CO)(CO)NCCS(=O)(=O)O. The first kappa shape index (κ1) is 59.4. The van der Waals surface area contributed by atoms with Gasteiger partial charge in [0, 0.05) is 32.1 Å². The highest BCUT2D eigenvalue weighted by Crippen LogP contribution is 2.26. The van der Waals surface area contributed by atoms with Crippen LogP contribution >= 0.6 is 0 Å². The average Bonchev–Trinajstić information content (AvgIpc) is 3.18. The van der Waals surface area contributed by atoms with Crippen molar-refractivity contribution in [2.45, 2.75) is 94.3 Å². The fourth-order valence-electron chi connectivity index (χ4n) is 6.19. The number of aliphatic hydroxyl groups excluding tert-OH is 6. The Bertz CT molecular complexity index is 1320. The molecule has 22 nitrogen and oxygen atoms in total. The minimum atomic E-state index is -4.47. The number of unbranched alkanes of at least 4 members (excludes halogenated alkanes) is 6. The number of quaternary nitrogens is 1. The molecule has 0 amide bonds. The largest absolute Gasteiger partial charge is 0.501 e. The highest BCUT2D eigenvalue weighted by molar-refractivity contribution is 7.86. The quantitative estimate of drug-likeness (QED) is 0.0131. The lowest BCUT2D eigenvalue weighted by Gasteiger charge is -2.41. The Labute approximate surface area is 358 Å². The summed E-state index contributed by atoms with van der Waals surface area (Å²) in [6, 6.07) is -0.0430. The summed E-state index contributed by atoms with van der Waals surface area (Å²) in [6.07, 6.45) is 8.58. The van der Waals surface area contributed by atoms with Crippen molar-refractivity contribution >= 4 is 39.2 Å². The molecular formula is C34H77N4O18S3Si+. The van der Waals surface area contributed by atoms with E-state index in [-0.39, 0.29) is 6.04 Å². The van der Waals surface area contributed by atoms with E-state index in [9.17, 15) is 69.6 Å². The minimum absolute atomic E-state index is 0.0430. The van der Waals surface area contributed by atoms with Crippen LogP contribution in [0.2, 0.25) is 6.04 Å². The molecule has 26 heteroatoms. The smallest absolute Gasteiger partial charge is 0.394 e. The highest BCUT2D eigenvalue weighted by atomic mass is 32.2. The van der Waals surface area contributed by atoms with E-state index < -0.39 is 152 Å². The van der Waals surface area contributed by atoms with Gasteiger partial charge in [-0.2, -0.15) is 25.3 Å². The van der Waals surface area contributed by atoms with Gasteiger partial charge in [-0.15, -0.1) is 0 Å². The fourth-order valence-corrected chi connectivity index (χ4v) is 10.0. The summed E-state index contributed by atoms with van der Waals surface area (Å²) in [5.74, 6) is -2.40. The van der Waals surface area contributed by atoms with E-state index in [1.807, 2.05) is 0 Å². The fraction of sp³-hybridized carbons (Fsp3) is 1.00. The van der Waals surface area contributed by atoms with Crippen molar-refractivity contribution in [3.05, 3.63) is 0 Å². The van der Waals surface area contributed by atoms with Gasteiger partial charge in [-0.3, -0.25) is 13.7 Å². The first-order valence-corrected chi connectivity index (χ1v) is 27.2. The van der Waals surface area contributed by atoms with E-state index >= 15 is 0 Å². The van der Waals surface area contributed by atoms with Crippen LogP contribution in [0.15, 0.2) is 0 Å². The molecule has 0 bridgehead atoms. The van der Waals surface area contributed by atoms with Crippen LogP contribution in [0.5, 0.6) is 0 Å². The molecule has 362 valence electrons. The molecule has 0 aliphatic heterocycles. The van der Waals surface area contributed by atoms with Gasteiger partial charge in [-0.25, -0.2) is 0 Å². The second-order valence-electron chi connectivity index (χ2n) is 16.0. The first-order valence-electron chi connectivity index (χ1n) is 20.4. The maximum absolute atomic E-state index is 11.5. The van der Waals surface area contributed by atoms with Crippen molar-refractivity contribution in [3.8, 4) is 0 Å². The third kappa shape index (κ3) is 25.7. The predicted molar refractivity (Wildman–Crippen MR) is 226 cm³/mol. The maximum Gasteiger partial charge on any atom is 0.501 e.